The topological polar surface area (TPSA) is 38.9 Å². The highest BCUT2D eigenvalue weighted by molar-refractivity contribution is 5.22. The summed E-state index contributed by atoms with van der Waals surface area (Å²) in [5.74, 6) is 0.528. The quantitative estimate of drug-likeness (QED) is 0.714. The molecule has 0 bridgehead atoms. The van der Waals surface area contributed by atoms with E-state index < -0.39 is 0 Å². The zero-order valence-electron chi connectivity index (χ0n) is 9.45. The summed E-state index contributed by atoms with van der Waals surface area (Å²) < 4.78 is 0. The Balaban J connectivity index is 2.20. The van der Waals surface area contributed by atoms with Gasteiger partial charge < -0.3 is 5.73 Å². The van der Waals surface area contributed by atoms with Crippen LogP contribution in [0, 0.1) is 6.92 Å². The molecule has 0 aliphatic heterocycles. The number of nitrogens with two attached hydrogens (primary N) is 1. The third kappa shape index (κ3) is 2.57. The van der Waals surface area contributed by atoms with Crippen molar-refractivity contribution in [1.29, 1.82) is 0 Å². The Morgan fingerprint density at radius 3 is 2.80 bits per heavy atom. The van der Waals surface area contributed by atoms with E-state index in [1.165, 1.54) is 43.2 Å². The van der Waals surface area contributed by atoms with Crippen LogP contribution in [0.3, 0.4) is 0 Å². The fourth-order valence-corrected chi connectivity index (χ4v) is 2.53. The van der Waals surface area contributed by atoms with Crippen molar-refractivity contribution in [2.75, 3.05) is 0 Å². The van der Waals surface area contributed by atoms with Crippen LogP contribution in [0.25, 0.3) is 0 Å². The van der Waals surface area contributed by atoms with Gasteiger partial charge in [-0.15, -0.1) is 0 Å². The predicted octanol–water partition coefficient (Wildman–Crippen LogP) is 2.77. The summed E-state index contributed by atoms with van der Waals surface area (Å²) >= 11 is 0. The van der Waals surface area contributed by atoms with Gasteiger partial charge in [-0.25, -0.2) is 0 Å². The molecule has 1 fully saturated rings. The maximum absolute atomic E-state index is 6.23. The summed E-state index contributed by atoms with van der Waals surface area (Å²) in [7, 11) is 0. The van der Waals surface area contributed by atoms with E-state index in [4.69, 9.17) is 5.73 Å². The highest BCUT2D eigenvalue weighted by Crippen LogP contribution is 2.30. The van der Waals surface area contributed by atoms with Crippen LogP contribution in [0.4, 0.5) is 0 Å². The van der Waals surface area contributed by atoms with Gasteiger partial charge in [0.25, 0.3) is 0 Å². The molecule has 1 aromatic heterocycles. The Labute approximate surface area is 91.9 Å². The number of aromatic nitrogens is 1. The van der Waals surface area contributed by atoms with Crippen molar-refractivity contribution >= 4 is 0 Å². The van der Waals surface area contributed by atoms with Crippen molar-refractivity contribution in [3.63, 3.8) is 0 Å². The van der Waals surface area contributed by atoms with Crippen LogP contribution in [0.15, 0.2) is 18.5 Å². The number of aryl methyl sites for hydroxylation is 1. The maximum Gasteiger partial charge on any atom is 0.0303 e. The van der Waals surface area contributed by atoms with Crippen molar-refractivity contribution in [2.24, 2.45) is 5.73 Å². The summed E-state index contributed by atoms with van der Waals surface area (Å²) in [5, 5.41) is 0. The third-order valence-electron chi connectivity index (χ3n) is 3.39. The van der Waals surface area contributed by atoms with Crippen molar-refractivity contribution in [2.45, 2.75) is 51.0 Å². The normalized spacial score (nSPS) is 27.3. The van der Waals surface area contributed by atoms with E-state index in [9.17, 15) is 0 Å². The molecule has 2 N–H and O–H groups in total. The fraction of sp³-hybridized carbons (Fsp3) is 0.615. The van der Waals surface area contributed by atoms with Crippen molar-refractivity contribution in [3.05, 3.63) is 29.6 Å². The third-order valence-corrected chi connectivity index (χ3v) is 3.39. The standard InChI is InChI=1S/C13H20N2/c1-10-7-11(9-15-8-10)12-5-3-2-4-6-13(12)14/h7-9,12-13H,2-6,14H2,1H3. The molecule has 1 heterocycles. The van der Waals surface area contributed by atoms with Crippen molar-refractivity contribution < 1.29 is 0 Å². The van der Waals surface area contributed by atoms with Gasteiger partial charge in [0.2, 0.25) is 0 Å². The Morgan fingerprint density at radius 2 is 2.00 bits per heavy atom. The predicted molar refractivity (Wildman–Crippen MR) is 62.8 cm³/mol. The van der Waals surface area contributed by atoms with Gasteiger partial charge in [0.1, 0.15) is 0 Å². The average Bonchev–Trinajstić information content (AvgIpc) is 2.43. The zero-order chi connectivity index (χ0) is 10.7. The number of pyridine rings is 1. The molecular formula is C13H20N2. The van der Waals surface area contributed by atoms with Gasteiger partial charge in [-0.2, -0.15) is 0 Å². The highest BCUT2D eigenvalue weighted by atomic mass is 14.7. The molecule has 0 saturated heterocycles. The zero-order valence-corrected chi connectivity index (χ0v) is 9.45. The molecule has 1 aliphatic carbocycles. The Morgan fingerprint density at radius 1 is 1.20 bits per heavy atom. The summed E-state index contributed by atoms with van der Waals surface area (Å²) in [5.41, 5.74) is 8.81. The number of hydrogen-bond acceptors (Lipinski definition) is 2. The van der Waals surface area contributed by atoms with E-state index in [0.717, 1.165) is 0 Å². The monoisotopic (exact) mass is 204 g/mol. The molecule has 0 aromatic carbocycles. The van der Waals surface area contributed by atoms with Crippen LogP contribution in [0.5, 0.6) is 0 Å². The first-order chi connectivity index (χ1) is 7.27. The number of nitrogens with zero attached hydrogens (tertiary/aromatic N) is 1. The van der Waals surface area contributed by atoms with E-state index in [0.29, 0.717) is 12.0 Å². The molecule has 2 atom stereocenters. The van der Waals surface area contributed by atoms with E-state index >= 15 is 0 Å². The van der Waals surface area contributed by atoms with E-state index in [-0.39, 0.29) is 0 Å². The smallest absolute Gasteiger partial charge is 0.0303 e. The fourth-order valence-electron chi connectivity index (χ4n) is 2.53. The van der Waals surface area contributed by atoms with Crippen LogP contribution in [0.1, 0.15) is 49.1 Å². The molecule has 82 valence electrons. The SMILES string of the molecule is Cc1cncc(C2CCCCCC2N)c1. The molecule has 15 heavy (non-hydrogen) atoms. The van der Waals surface area contributed by atoms with Crippen LogP contribution in [-0.2, 0) is 0 Å². The lowest BCUT2D eigenvalue weighted by Crippen LogP contribution is -2.27. The van der Waals surface area contributed by atoms with Crippen molar-refractivity contribution in [1.82, 2.24) is 4.98 Å². The first-order valence-corrected chi connectivity index (χ1v) is 5.94. The van der Waals surface area contributed by atoms with Gasteiger partial charge in [0.15, 0.2) is 0 Å². The second kappa shape index (κ2) is 4.75. The van der Waals surface area contributed by atoms with E-state index in [1.807, 2.05) is 12.4 Å². The largest absolute Gasteiger partial charge is 0.327 e. The van der Waals surface area contributed by atoms with Gasteiger partial charge in [-0.1, -0.05) is 25.3 Å². The highest BCUT2D eigenvalue weighted by Gasteiger charge is 2.22. The summed E-state index contributed by atoms with van der Waals surface area (Å²) in [6.45, 7) is 2.10. The van der Waals surface area contributed by atoms with Gasteiger partial charge >= 0.3 is 0 Å². The summed E-state index contributed by atoms with van der Waals surface area (Å²) in [6.07, 6.45) is 10.2. The first kappa shape index (κ1) is 10.6. The molecule has 1 aliphatic rings. The van der Waals surface area contributed by atoms with Crippen LogP contribution in [-0.4, -0.2) is 11.0 Å². The molecule has 2 rings (SSSR count). The molecule has 1 saturated carbocycles. The molecule has 0 amide bonds. The Bertz CT molecular complexity index is 322. The van der Waals surface area contributed by atoms with Gasteiger partial charge in [0, 0.05) is 24.4 Å². The summed E-state index contributed by atoms with van der Waals surface area (Å²) in [4.78, 5) is 4.27. The lowest BCUT2D eigenvalue weighted by Gasteiger charge is -2.21. The first-order valence-electron chi connectivity index (χ1n) is 5.94. The minimum absolute atomic E-state index is 0.330. The molecule has 1 aromatic rings. The molecular weight excluding hydrogens is 184 g/mol. The lowest BCUT2D eigenvalue weighted by molar-refractivity contribution is 0.504. The minimum atomic E-state index is 0.330. The second-order valence-electron chi connectivity index (χ2n) is 4.70. The molecule has 2 nitrogen and oxygen atoms in total. The Kier molecular flexibility index (Phi) is 3.37. The second-order valence-corrected chi connectivity index (χ2v) is 4.70. The van der Waals surface area contributed by atoms with Crippen LogP contribution >= 0.6 is 0 Å². The average molecular weight is 204 g/mol. The van der Waals surface area contributed by atoms with E-state index in [2.05, 4.69) is 18.0 Å². The molecule has 0 spiro atoms. The van der Waals surface area contributed by atoms with Gasteiger partial charge in [-0.3, -0.25) is 4.98 Å². The molecule has 2 heteroatoms. The maximum atomic E-state index is 6.23. The van der Waals surface area contributed by atoms with Crippen molar-refractivity contribution in [3.8, 4) is 0 Å². The molecule has 2 unspecified atom stereocenters. The number of hydrogen-bond donors (Lipinski definition) is 1. The Hall–Kier alpha value is -0.890. The van der Waals surface area contributed by atoms with Gasteiger partial charge in [-0.05, 0) is 30.9 Å². The van der Waals surface area contributed by atoms with E-state index in [1.54, 1.807) is 0 Å². The number of rotatable bonds is 1. The lowest BCUT2D eigenvalue weighted by atomic mass is 9.89. The molecule has 0 radical (unpaired) electrons. The van der Waals surface area contributed by atoms with Crippen LogP contribution < -0.4 is 5.73 Å². The summed E-state index contributed by atoms with van der Waals surface area (Å²) in [6, 6.07) is 2.57. The van der Waals surface area contributed by atoms with Crippen LogP contribution in [0.2, 0.25) is 0 Å². The minimum Gasteiger partial charge on any atom is -0.327 e. The van der Waals surface area contributed by atoms with Gasteiger partial charge in [0.05, 0.1) is 0 Å².